The molecule has 0 unspecified atom stereocenters. The molecule has 2 aromatic rings. The smallest absolute Gasteiger partial charge is 0.0958 e. The molecule has 0 bridgehead atoms. The molecule has 1 aromatic heterocycles. The summed E-state index contributed by atoms with van der Waals surface area (Å²) in [5.74, 6) is 0.860. The third-order valence-corrected chi connectivity index (χ3v) is 3.88. The van der Waals surface area contributed by atoms with Crippen LogP contribution in [0, 0.1) is 19.8 Å². The number of fused-ring (bicyclic) bond motifs is 1. The lowest BCUT2D eigenvalue weighted by molar-refractivity contribution is 0.313. The maximum absolute atomic E-state index is 4.49. The summed E-state index contributed by atoms with van der Waals surface area (Å²) in [6.45, 7) is 7.77. The maximum Gasteiger partial charge on any atom is 0.0958 e. The van der Waals surface area contributed by atoms with Gasteiger partial charge < -0.3 is 9.88 Å². The molecule has 0 atom stereocenters. The van der Waals surface area contributed by atoms with Crippen molar-refractivity contribution in [1.29, 1.82) is 0 Å². The largest absolute Gasteiger partial charge is 0.331 e. The van der Waals surface area contributed by atoms with Gasteiger partial charge in [0.2, 0.25) is 0 Å². The molecule has 1 aromatic carbocycles. The van der Waals surface area contributed by atoms with E-state index in [2.05, 4.69) is 40.8 Å². The van der Waals surface area contributed by atoms with E-state index in [-0.39, 0.29) is 0 Å². The number of nitrogens with one attached hydrogen (secondary N) is 1. The Morgan fingerprint density at radius 1 is 1.29 bits per heavy atom. The quantitative estimate of drug-likeness (QED) is 0.875. The van der Waals surface area contributed by atoms with Gasteiger partial charge in [0.25, 0.3) is 0 Å². The molecule has 0 radical (unpaired) electrons. The second-order valence-corrected chi connectivity index (χ2v) is 5.18. The van der Waals surface area contributed by atoms with Crippen molar-refractivity contribution >= 4 is 11.0 Å². The molecule has 0 saturated carbocycles. The minimum absolute atomic E-state index is 0.860. The molecule has 1 aliphatic heterocycles. The SMILES string of the molecule is Cc1cc2ncn(CCC3CNC3)c2cc1C. The summed E-state index contributed by atoms with van der Waals surface area (Å²) < 4.78 is 2.29. The lowest BCUT2D eigenvalue weighted by atomic mass is 9.99. The number of rotatable bonds is 3. The van der Waals surface area contributed by atoms with E-state index < -0.39 is 0 Å². The van der Waals surface area contributed by atoms with Crippen molar-refractivity contribution in [3.63, 3.8) is 0 Å². The van der Waals surface area contributed by atoms with E-state index in [0.29, 0.717) is 0 Å². The summed E-state index contributed by atoms with van der Waals surface area (Å²) in [7, 11) is 0. The van der Waals surface area contributed by atoms with Crippen LogP contribution in [0.2, 0.25) is 0 Å². The van der Waals surface area contributed by atoms with Crippen LogP contribution in [0.3, 0.4) is 0 Å². The zero-order valence-electron chi connectivity index (χ0n) is 10.5. The second-order valence-electron chi connectivity index (χ2n) is 5.18. The first-order valence-corrected chi connectivity index (χ1v) is 6.37. The van der Waals surface area contributed by atoms with Gasteiger partial charge in [0.05, 0.1) is 17.4 Å². The number of aromatic nitrogens is 2. The van der Waals surface area contributed by atoms with Crippen LogP contribution in [0.5, 0.6) is 0 Å². The first-order valence-electron chi connectivity index (χ1n) is 6.37. The van der Waals surface area contributed by atoms with E-state index in [1.807, 2.05) is 6.33 Å². The lowest BCUT2D eigenvalue weighted by Gasteiger charge is -2.27. The number of aryl methyl sites for hydroxylation is 3. The molecule has 1 N–H and O–H groups in total. The van der Waals surface area contributed by atoms with Crippen molar-refractivity contribution in [2.24, 2.45) is 5.92 Å². The van der Waals surface area contributed by atoms with Crippen molar-refractivity contribution in [1.82, 2.24) is 14.9 Å². The molecule has 0 spiro atoms. The Hall–Kier alpha value is -1.35. The number of hydrogen-bond acceptors (Lipinski definition) is 2. The fourth-order valence-electron chi connectivity index (χ4n) is 2.37. The summed E-state index contributed by atoms with van der Waals surface area (Å²) in [5.41, 5.74) is 5.08. The summed E-state index contributed by atoms with van der Waals surface area (Å²) >= 11 is 0. The fourth-order valence-corrected chi connectivity index (χ4v) is 2.37. The Labute approximate surface area is 102 Å². The average Bonchev–Trinajstić information content (AvgIpc) is 2.60. The lowest BCUT2D eigenvalue weighted by Crippen LogP contribution is -2.42. The molecule has 2 heterocycles. The van der Waals surface area contributed by atoms with E-state index in [1.165, 1.54) is 36.2 Å². The molecule has 90 valence electrons. The topological polar surface area (TPSA) is 29.9 Å². The van der Waals surface area contributed by atoms with Crippen LogP contribution in [0.15, 0.2) is 18.5 Å². The Morgan fingerprint density at radius 2 is 2.06 bits per heavy atom. The van der Waals surface area contributed by atoms with Crippen LogP contribution >= 0.6 is 0 Å². The fraction of sp³-hybridized carbons (Fsp3) is 0.500. The van der Waals surface area contributed by atoms with Crippen LogP contribution in [-0.4, -0.2) is 22.6 Å². The highest BCUT2D eigenvalue weighted by atomic mass is 15.0. The number of benzene rings is 1. The molecular weight excluding hydrogens is 210 g/mol. The zero-order valence-corrected chi connectivity index (χ0v) is 10.5. The Kier molecular flexibility index (Phi) is 2.63. The predicted octanol–water partition coefficient (Wildman–Crippen LogP) is 2.26. The van der Waals surface area contributed by atoms with Crippen LogP contribution in [0.1, 0.15) is 17.5 Å². The van der Waals surface area contributed by atoms with Gasteiger partial charge in [-0.25, -0.2) is 4.98 Å². The van der Waals surface area contributed by atoms with Gasteiger partial charge in [0.1, 0.15) is 0 Å². The predicted molar refractivity (Wildman–Crippen MR) is 70.2 cm³/mol. The monoisotopic (exact) mass is 229 g/mol. The van der Waals surface area contributed by atoms with E-state index in [1.54, 1.807) is 0 Å². The summed E-state index contributed by atoms with van der Waals surface area (Å²) in [6, 6.07) is 4.45. The van der Waals surface area contributed by atoms with Gasteiger partial charge in [0.15, 0.2) is 0 Å². The molecule has 1 aliphatic rings. The highest BCUT2D eigenvalue weighted by Crippen LogP contribution is 2.19. The molecule has 3 nitrogen and oxygen atoms in total. The van der Waals surface area contributed by atoms with Gasteiger partial charge in [-0.2, -0.15) is 0 Å². The van der Waals surface area contributed by atoms with Gasteiger partial charge in [-0.3, -0.25) is 0 Å². The first kappa shape index (κ1) is 10.8. The third-order valence-electron chi connectivity index (χ3n) is 3.88. The molecule has 17 heavy (non-hydrogen) atoms. The van der Waals surface area contributed by atoms with E-state index in [4.69, 9.17) is 0 Å². The van der Waals surface area contributed by atoms with Crippen molar-refractivity contribution in [3.8, 4) is 0 Å². The minimum Gasteiger partial charge on any atom is -0.331 e. The van der Waals surface area contributed by atoms with Gasteiger partial charge in [-0.05, 0) is 62.5 Å². The minimum atomic E-state index is 0.860. The normalized spacial score (nSPS) is 16.4. The molecule has 1 saturated heterocycles. The molecule has 3 heteroatoms. The van der Waals surface area contributed by atoms with Crippen LogP contribution in [-0.2, 0) is 6.54 Å². The number of hydrogen-bond donors (Lipinski definition) is 1. The van der Waals surface area contributed by atoms with E-state index in [0.717, 1.165) is 18.0 Å². The molecule has 0 aliphatic carbocycles. The standard InChI is InChI=1S/C14H19N3/c1-10-5-13-14(6-11(10)2)17(9-16-13)4-3-12-7-15-8-12/h5-6,9,12,15H,3-4,7-8H2,1-2H3. The highest BCUT2D eigenvalue weighted by molar-refractivity contribution is 5.77. The second kappa shape index (κ2) is 4.15. The van der Waals surface area contributed by atoms with Crippen molar-refractivity contribution < 1.29 is 0 Å². The highest BCUT2D eigenvalue weighted by Gasteiger charge is 2.16. The molecular formula is C14H19N3. The van der Waals surface area contributed by atoms with Crippen molar-refractivity contribution in [2.75, 3.05) is 13.1 Å². The molecule has 1 fully saturated rings. The summed E-state index contributed by atoms with van der Waals surface area (Å²) in [5, 5.41) is 3.32. The van der Waals surface area contributed by atoms with Crippen molar-refractivity contribution in [2.45, 2.75) is 26.8 Å². The first-order chi connectivity index (χ1) is 8.24. The maximum atomic E-state index is 4.49. The Bertz CT molecular complexity index is 538. The van der Waals surface area contributed by atoms with Gasteiger partial charge in [-0.1, -0.05) is 0 Å². The van der Waals surface area contributed by atoms with Crippen molar-refractivity contribution in [3.05, 3.63) is 29.6 Å². The Morgan fingerprint density at radius 3 is 2.76 bits per heavy atom. The summed E-state index contributed by atoms with van der Waals surface area (Å²) in [6.07, 6.45) is 3.24. The average molecular weight is 229 g/mol. The zero-order chi connectivity index (χ0) is 11.8. The van der Waals surface area contributed by atoms with Crippen LogP contribution in [0.4, 0.5) is 0 Å². The third kappa shape index (κ3) is 1.95. The Balaban J connectivity index is 1.85. The summed E-state index contributed by atoms with van der Waals surface area (Å²) in [4.78, 5) is 4.49. The molecule has 0 amide bonds. The van der Waals surface area contributed by atoms with Gasteiger partial charge >= 0.3 is 0 Å². The van der Waals surface area contributed by atoms with Crippen LogP contribution in [0.25, 0.3) is 11.0 Å². The van der Waals surface area contributed by atoms with Gasteiger partial charge in [0, 0.05) is 6.54 Å². The van der Waals surface area contributed by atoms with E-state index in [9.17, 15) is 0 Å². The van der Waals surface area contributed by atoms with Crippen LogP contribution < -0.4 is 5.32 Å². The van der Waals surface area contributed by atoms with Gasteiger partial charge in [-0.15, -0.1) is 0 Å². The number of nitrogens with zero attached hydrogens (tertiary/aromatic N) is 2. The van der Waals surface area contributed by atoms with E-state index >= 15 is 0 Å². The molecule has 3 rings (SSSR count). The number of imidazole rings is 1.